The van der Waals surface area contributed by atoms with E-state index >= 15 is 0 Å². The number of fused-ring (bicyclic) bond motifs is 1. The lowest BCUT2D eigenvalue weighted by Crippen LogP contribution is -2.23. The molecule has 0 aromatic carbocycles. The summed E-state index contributed by atoms with van der Waals surface area (Å²) in [6.07, 6.45) is 3.87. The second kappa shape index (κ2) is 3.94. The van der Waals surface area contributed by atoms with Crippen molar-refractivity contribution in [1.82, 2.24) is 19.7 Å². The molecule has 0 spiro atoms. The number of carboxylic acids is 1. The standard InChI is InChI=1S/C11H13N5O2/c1-15-9-8(4-14-15)10(13-6-12-9)16-3-2-7(5-16)11(17)18/h4,6-7H,2-3,5H2,1H3,(H,17,18). The van der Waals surface area contributed by atoms with Crippen LogP contribution in [0.1, 0.15) is 6.42 Å². The van der Waals surface area contributed by atoms with E-state index in [-0.39, 0.29) is 5.92 Å². The molecule has 0 bridgehead atoms. The first-order valence-corrected chi connectivity index (χ1v) is 5.77. The van der Waals surface area contributed by atoms with Crippen LogP contribution in [0.3, 0.4) is 0 Å². The van der Waals surface area contributed by atoms with Crippen LogP contribution in [0.5, 0.6) is 0 Å². The summed E-state index contributed by atoms with van der Waals surface area (Å²) < 4.78 is 1.69. The molecule has 18 heavy (non-hydrogen) atoms. The quantitative estimate of drug-likeness (QED) is 0.820. The Morgan fingerprint density at radius 3 is 3.06 bits per heavy atom. The van der Waals surface area contributed by atoms with Gasteiger partial charge in [-0.1, -0.05) is 0 Å². The van der Waals surface area contributed by atoms with Gasteiger partial charge >= 0.3 is 5.97 Å². The van der Waals surface area contributed by atoms with Gasteiger partial charge in [0, 0.05) is 20.1 Å². The SMILES string of the molecule is Cn1ncc2c(N3CCC(C(=O)O)C3)ncnc21. The predicted molar refractivity (Wildman–Crippen MR) is 64.3 cm³/mol. The fraction of sp³-hybridized carbons (Fsp3) is 0.455. The highest BCUT2D eigenvalue weighted by molar-refractivity contribution is 5.87. The minimum absolute atomic E-state index is 0.313. The van der Waals surface area contributed by atoms with Crippen LogP contribution < -0.4 is 4.90 Å². The van der Waals surface area contributed by atoms with Crippen LogP contribution in [0.15, 0.2) is 12.5 Å². The van der Waals surface area contributed by atoms with Crippen molar-refractivity contribution >= 4 is 22.8 Å². The Morgan fingerprint density at radius 2 is 2.33 bits per heavy atom. The fourth-order valence-corrected chi connectivity index (χ4v) is 2.36. The van der Waals surface area contributed by atoms with Gasteiger partial charge in [0.05, 0.1) is 17.5 Å². The van der Waals surface area contributed by atoms with Gasteiger partial charge in [0.25, 0.3) is 0 Å². The summed E-state index contributed by atoms with van der Waals surface area (Å²) in [6.45, 7) is 1.20. The van der Waals surface area contributed by atoms with Gasteiger partial charge in [-0.25, -0.2) is 9.97 Å². The summed E-state index contributed by atoms with van der Waals surface area (Å²) in [6, 6.07) is 0. The lowest BCUT2D eigenvalue weighted by atomic mass is 10.1. The number of anilines is 1. The highest BCUT2D eigenvalue weighted by atomic mass is 16.4. The molecule has 0 aliphatic carbocycles. The first kappa shape index (κ1) is 10.9. The topological polar surface area (TPSA) is 84.1 Å². The highest BCUT2D eigenvalue weighted by Crippen LogP contribution is 2.27. The smallest absolute Gasteiger partial charge is 0.308 e. The summed E-state index contributed by atoms with van der Waals surface area (Å²) in [5.41, 5.74) is 0.763. The minimum Gasteiger partial charge on any atom is -0.481 e. The van der Waals surface area contributed by atoms with E-state index < -0.39 is 5.97 Å². The molecule has 1 aliphatic rings. The zero-order valence-electron chi connectivity index (χ0n) is 9.94. The number of carbonyl (C=O) groups is 1. The van der Waals surface area contributed by atoms with Gasteiger partial charge in [-0.15, -0.1) is 0 Å². The number of rotatable bonds is 2. The number of aryl methyl sites for hydroxylation is 1. The van der Waals surface area contributed by atoms with Crippen molar-refractivity contribution in [2.24, 2.45) is 13.0 Å². The van der Waals surface area contributed by atoms with Crippen LogP contribution in [0.25, 0.3) is 11.0 Å². The van der Waals surface area contributed by atoms with E-state index in [4.69, 9.17) is 5.11 Å². The molecule has 1 saturated heterocycles. The molecule has 7 nitrogen and oxygen atoms in total. The summed E-state index contributed by atoms with van der Waals surface area (Å²) >= 11 is 0. The number of nitrogens with zero attached hydrogens (tertiary/aromatic N) is 5. The Bertz CT molecular complexity index is 608. The maximum atomic E-state index is 11.0. The largest absolute Gasteiger partial charge is 0.481 e. The van der Waals surface area contributed by atoms with Crippen LogP contribution in [0.4, 0.5) is 5.82 Å². The number of hydrogen-bond acceptors (Lipinski definition) is 5. The van der Waals surface area contributed by atoms with Gasteiger partial charge in [0.1, 0.15) is 12.1 Å². The molecule has 0 amide bonds. The molecule has 7 heteroatoms. The summed E-state index contributed by atoms with van der Waals surface area (Å²) in [7, 11) is 1.82. The fourth-order valence-electron chi connectivity index (χ4n) is 2.36. The van der Waals surface area contributed by atoms with Gasteiger partial charge in [0.15, 0.2) is 5.65 Å². The normalized spacial score (nSPS) is 19.6. The van der Waals surface area contributed by atoms with E-state index in [0.29, 0.717) is 19.5 Å². The van der Waals surface area contributed by atoms with Gasteiger partial charge in [-0.05, 0) is 6.42 Å². The average Bonchev–Trinajstić information content (AvgIpc) is 2.97. The average molecular weight is 247 g/mol. The lowest BCUT2D eigenvalue weighted by Gasteiger charge is -2.16. The van der Waals surface area contributed by atoms with E-state index in [1.807, 2.05) is 11.9 Å². The maximum absolute atomic E-state index is 11.0. The van der Waals surface area contributed by atoms with Crippen LogP contribution in [0, 0.1) is 5.92 Å². The summed E-state index contributed by atoms with van der Waals surface area (Å²) in [4.78, 5) is 21.4. The zero-order valence-corrected chi connectivity index (χ0v) is 9.94. The molecule has 2 aromatic rings. The van der Waals surface area contributed by atoms with Gasteiger partial charge in [-0.3, -0.25) is 9.48 Å². The molecule has 1 atom stereocenters. The molecular formula is C11H13N5O2. The Hall–Kier alpha value is -2.18. The molecule has 94 valence electrons. The molecule has 1 N–H and O–H groups in total. The zero-order chi connectivity index (χ0) is 12.7. The van der Waals surface area contributed by atoms with Crippen LogP contribution in [-0.2, 0) is 11.8 Å². The van der Waals surface area contributed by atoms with Crippen molar-refractivity contribution in [2.75, 3.05) is 18.0 Å². The monoisotopic (exact) mass is 247 g/mol. The van der Waals surface area contributed by atoms with Crippen molar-refractivity contribution in [1.29, 1.82) is 0 Å². The highest BCUT2D eigenvalue weighted by Gasteiger charge is 2.29. The minimum atomic E-state index is -0.742. The number of hydrogen-bond donors (Lipinski definition) is 1. The Morgan fingerprint density at radius 1 is 1.50 bits per heavy atom. The molecule has 3 heterocycles. The lowest BCUT2D eigenvalue weighted by molar-refractivity contribution is -0.140. The van der Waals surface area contributed by atoms with Crippen LogP contribution in [-0.4, -0.2) is 43.9 Å². The van der Waals surface area contributed by atoms with Crippen molar-refractivity contribution in [3.63, 3.8) is 0 Å². The molecule has 0 radical (unpaired) electrons. The number of aliphatic carboxylic acids is 1. The number of carboxylic acid groups (broad SMARTS) is 1. The van der Waals surface area contributed by atoms with Crippen molar-refractivity contribution in [2.45, 2.75) is 6.42 Å². The third-order valence-corrected chi connectivity index (χ3v) is 3.35. The maximum Gasteiger partial charge on any atom is 0.308 e. The third kappa shape index (κ3) is 1.59. The first-order valence-electron chi connectivity index (χ1n) is 5.77. The van der Waals surface area contributed by atoms with E-state index in [9.17, 15) is 4.79 Å². The molecular weight excluding hydrogens is 234 g/mol. The molecule has 1 unspecified atom stereocenters. The van der Waals surface area contributed by atoms with E-state index in [2.05, 4.69) is 15.1 Å². The van der Waals surface area contributed by atoms with Crippen LogP contribution >= 0.6 is 0 Å². The third-order valence-electron chi connectivity index (χ3n) is 3.35. The predicted octanol–water partition coefficient (Wildman–Crippen LogP) is 0.274. The molecule has 2 aromatic heterocycles. The second-order valence-electron chi connectivity index (χ2n) is 4.47. The van der Waals surface area contributed by atoms with Crippen LogP contribution in [0.2, 0.25) is 0 Å². The van der Waals surface area contributed by atoms with E-state index in [1.165, 1.54) is 6.33 Å². The van der Waals surface area contributed by atoms with Gasteiger partial charge < -0.3 is 10.0 Å². The number of aromatic nitrogens is 4. The first-order chi connectivity index (χ1) is 8.66. The van der Waals surface area contributed by atoms with E-state index in [0.717, 1.165) is 16.9 Å². The Kier molecular flexibility index (Phi) is 2.39. The molecule has 3 rings (SSSR count). The van der Waals surface area contributed by atoms with Crippen molar-refractivity contribution < 1.29 is 9.90 Å². The Balaban J connectivity index is 1.98. The van der Waals surface area contributed by atoms with Gasteiger partial charge in [-0.2, -0.15) is 5.10 Å². The summed E-state index contributed by atoms with van der Waals surface area (Å²) in [5, 5.41) is 14.0. The van der Waals surface area contributed by atoms with Gasteiger partial charge in [0.2, 0.25) is 0 Å². The molecule has 0 saturated carbocycles. The second-order valence-corrected chi connectivity index (χ2v) is 4.47. The van der Waals surface area contributed by atoms with E-state index in [1.54, 1.807) is 10.9 Å². The molecule has 1 fully saturated rings. The Labute approximate surface area is 103 Å². The molecule has 1 aliphatic heterocycles. The van der Waals surface area contributed by atoms with Crippen molar-refractivity contribution in [3.8, 4) is 0 Å². The van der Waals surface area contributed by atoms with Crippen molar-refractivity contribution in [3.05, 3.63) is 12.5 Å². The summed E-state index contributed by atoms with van der Waals surface area (Å²) in [5.74, 6) is -0.280.